The van der Waals surface area contributed by atoms with Crippen molar-refractivity contribution in [3.63, 3.8) is 0 Å². The number of nitrogens with zero attached hydrogens (tertiary/aromatic N) is 1. The standard InChI is InChI=1S/C18H17ClN2O2/c1-12-4-7-14(8-5-12)20-18(23)13-6-9-15(19)16(11-13)21-10-2-3-17(21)22/h4-9,11H,2-3,10H2,1H3,(H,20,23). The minimum absolute atomic E-state index is 0.0444. The molecule has 0 radical (unpaired) electrons. The van der Waals surface area contributed by atoms with Crippen molar-refractivity contribution in [1.82, 2.24) is 0 Å². The normalized spacial score (nSPS) is 14.2. The summed E-state index contributed by atoms with van der Waals surface area (Å²) < 4.78 is 0. The van der Waals surface area contributed by atoms with Crippen molar-refractivity contribution in [3.8, 4) is 0 Å². The number of amides is 2. The average molecular weight is 329 g/mol. The number of carbonyl (C=O) groups is 2. The van der Waals surface area contributed by atoms with Gasteiger partial charge in [-0.15, -0.1) is 0 Å². The van der Waals surface area contributed by atoms with Crippen molar-refractivity contribution in [3.05, 3.63) is 58.6 Å². The molecule has 23 heavy (non-hydrogen) atoms. The highest BCUT2D eigenvalue weighted by molar-refractivity contribution is 6.34. The summed E-state index contributed by atoms with van der Waals surface area (Å²) in [6.45, 7) is 2.63. The van der Waals surface area contributed by atoms with Gasteiger partial charge in [0.05, 0.1) is 10.7 Å². The number of rotatable bonds is 3. The van der Waals surface area contributed by atoms with E-state index in [1.807, 2.05) is 31.2 Å². The van der Waals surface area contributed by atoms with Crippen molar-refractivity contribution in [2.24, 2.45) is 0 Å². The first-order valence-corrected chi connectivity index (χ1v) is 7.90. The fourth-order valence-corrected chi connectivity index (χ4v) is 2.82. The molecule has 1 aliphatic rings. The maximum Gasteiger partial charge on any atom is 0.255 e. The summed E-state index contributed by atoms with van der Waals surface area (Å²) in [4.78, 5) is 25.9. The van der Waals surface area contributed by atoms with Crippen molar-refractivity contribution in [2.75, 3.05) is 16.8 Å². The second kappa shape index (κ2) is 6.42. The zero-order valence-electron chi connectivity index (χ0n) is 12.8. The molecule has 3 rings (SSSR count). The second-order valence-electron chi connectivity index (χ2n) is 5.64. The van der Waals surface area contributed by atoms with Gasteiger partial charge < -0.3 is 10.2 Å². The predicted octanol–water partition coefficient (Wildman–Crippen LogP) is 4.03. The van der Waals surface area contributed by atoms with Crippen LogP contribution in [0.2, 0.25) is 5.02 Å². The summed E-state index contributed by atoms with van der Waals surface area (Å²) in [5.74, 6) is -0.179. The molecule has 2 aromatic rings. The zero-order valence-corrected chi connectivity index (χ0v) is 13.6. The minimum Gasteiger partial charge on any atom is -0.322 e. The molecular formula is C18H17ClN2O2. The van der Waals surface area contributed by atoms with E-state index in [1.165, 1.54) is 0 Å². The minimum atomic E-state index is -0.224. The number of hydrogen-bond donors (Lipinski definition) is 1. The molecule has 0 atom stereocenters. The van der Waals surface area contributed by atoms with Gasteiger partial charge in [0.2, 0.25) is 5.91 Å². The summed E-state index contributed by atoms with van der Waals surface area (Å²) in [5.41, 5.74) is 2.94. The lowest BCUT2D eigenvalue weighted by Crippen LogP contribution is -2.24. The van der Waals surface area contributed by atoms with Gasteiger partial charge in [-0.3, -0.25) is 9.59 Å². The summed E-state index contributed by atoms with van der Waals surface area (Å²) >= 11 is 6.20. The van der Waals surface area contributed by atoms with Crippen molar-refractivity contribution in [1.29, 1.82) is 0 Å². The number of halogens is 1. The monoisotopic (exact) mass is 328 g/mol. The van der Waals surface area contributed by atoms with Gasteiger partial charge in [0.1, 0.15) is 0 Å². The Kier molecular flexibility index (Phi) is 4.35. The van der Waals surface area contributed by atoms with E-state index < -0.39 is 0 Å². The SMILES string of the molecule is Cc1ccc(NC(=O)c2ccc(Cl)c(N3CCCC3=O)c2)cc1. The van der Waals surface area contributed by atoms with Crippen molar-refractivity contribution >= 4 is 34.8 Å². The lowest BCUT2D eigenvalue weighted by Gasteiger charge is -2.18. The van der Waals surface area contributed by atoms with Gasteiger partial charge in [-0.05, 0) is 43.7 Å². The van der Waals surface area contributed by atoms with E-state index in [-0.39, 0.29) is 11.8 Å². The molecular weight excluding hydrogens is 312 g/mol. The molecule has 0 bridgehead atoms. The molecule has 1 heterocycles. The maximum absolute atomic E-state index is 12.4. The van der Waals surface area contributed by atoms with Crippen LogP contribution >= 0.6 is 11.6 Å². The first kappa shape index (κ1) is 15.6. The van der Waals surface area contributed by atoms with Crippen molar-refractivity contribution < 1.29 is 9.59 Å². The van der Waals surface area contributed by atoms with Gasteiger partial charge in [0, 0.05) is 24.2 Å². The van der Waals surface area contributed by atoms with Crippen LogP contribution in [-0.2, 0) is 4.79 Å². The van der Waals surface area contributed by atoms with Crippen LogP contribution in [0.3, 0.4) is 0 Å². The number of carbonyl (C=O) groups excluding carboxylic acids is 2. The van der Waals surface area contributed by atoms with Gasteiger partial charge in [-0.2, -0.15) is 0 Å². The van der Waals surface area contributed by atoms with E-state index >= 15 is 0 Å². The van der Waals surface area contributed by atoms with Crippen molar-refractivity contribution in [2.45, 2.75) is 19.8 Å². The molecule has 1 aliphatic heterocycles. The zero-order chi connectivity index (χ0) is 16.4. The summed E-state index contributed by atoms with van der Waals surface area (Å²) in [5, 5.41) is 3.33. The van der Waals surface area contributed by atoms with Crippen LogP contribution in [0.5, 0.6) is 0 Å². The molecule has 0 spiro atoms. The molecule has 2 amide bonds. The van der Waals surface area contributed by atoms with Crippen LogP contribution < -0.4 is 10.2 Å². The Morgan fingerprint density at radius 3 is 2.57 bits per heavy atom. The Bertz CT molecular complexity index is 756. The first-order valence-electron chi connectivity index (χ1n) is 7.52. The third-order valence-electron chi connectivity index (χ3n) is 3.88. The van der Waals surface area contributed by atoms with Gasteiger partial charge >= 0.3 is 0 Å². The number of nitrogens with one attached hydrogen (secondary N) is 1. The van der Waals surface area contributed by atoms with Crippen LogP contribution in [0.4, 0.5) is 11.4 Å². The molecule has 0 saturated carbocycles. The highest BCUT2D eigenvalue weighted by atomic mass is 35.5. The Balaban J connectivity index is 1.83. The number of anilines is 2. The molecule has 118 valence electrons. The largest absolute Gasteiger partial charge is 0.322 e. The molecule has 0 aromatic heterocycles. The third kappa shape index (κ3) is 3.37. The fraction of sp³-hybridized carbons (Fsp3) is 0.222. The second-order valence-corrected chi connectivity index (χ2v) is 6.04. The summed E-state index contributed by atoms with van der Waals surface area (Å²) in [7, 11) is 0. The van der Waals surface area contributed by atoms with Gasteiger partial charge in [-0.1, -0.05) is 29.3 Å². The van der Waals surface area contributed by atoms with Gasteiger partial charge in [-0.25, -0.2) is 0 Å². The lowest BCUT2D eigenvalue weighted by atomic mass is 10.1. The number of aryl methyl sites for hydroxylation is 1. The van der Waals surface area contributed by atoms with E-state index in [4.69, 9.17) is 11.6 Å². The lowest BCUT2D eigenvalue weighted by molar-refractivity contribution is -0.117. The number of benzene rings is 2. The van der Waals surface area contributed by atoms with Crippen LogP contribution in [0.15, 0.2) is 42.5 Å². The van der Waals surface area contributed by atoms with E-state index in [0.29, 0.717) is 29.2 Å². The van der Waals surface area contributed by atoms with E-state index in [1.54, 1.807) is 23.1 Å². The Morgan fingerprint density at radius 2 is 1.91 bits per heavy atom. The molecule has 1 saturated heterocycles. The highest BCUT2D eigenvalue weighted by Crippen LogP contribution is 2.30. The van der Waals surface area contributed by atoms with Crippen LogP contribution in [0, 0.1) is 6.92 Å². The molecule has 0 unspecified atom stereocenters. The van der Waals surface area contributed by atoms with E-state index in [0.717, 1.165) is 17.7 Å². The fourth-order valence-electron chi connectivity index (χ4n) is 2.60. The Morgan fingerprint density at radius 1 is 1.17 bits per heavy atom. The maximum atomic E-state index is 12.4. The van der Waals surface area contributed by atoms with Gasteiger partial charge in [0.15, 0.2) is 0 Å². The highest BCUT2D eigenvalue weighted by Gasteiger charge is 2.24. The van der Waals surface area contributed by atoms with Crippen LogP contribution in [0.1, 0.15) is 28.8 Å². The first-order chi connectivity index (χ1) is 11.0. The van der Waals surface area contributed by atoms with Crippen LogP contribution in [0.25, 0.3) is 0 Å². The molecule has 1 N–H and O–H groups in total. The Labute approximate surface area is 140 Å². The molecule has 4 nitrogen and oxygen atoms in total. The molecule has 1 fully saturated rings. The third-order valence-corrected chi connectivity index (χ3v) is 4.20. The van der Waals surface area contributed by atoms with E-state index in [2.05, 4.69) is 5.32 Å². The Hall–Kier alpha value is -2.33. The smallest absolute Gasteiger partial charge is 0.255 e. The van der Waals surface area contributed by atoms with Gasteiger partial charge in [0.25, 0.3) is 5.91 Å². The molecule has 5 heteroatoms. The average Bonchev–Trinajstić information content (AvgIpc) is 2.96. The topological polar surface area (TPSA) is 49.4 Å². The summed E-state index contributed by atoms with van der Waals surface area (Å²) in [6.07, 6.45) is 1.34. The van der Waals surface area contributed by atoms with E-state index in [9.17, 15) is 9.59 Å². The molecule has 0 aliphatic carbocycles. The molecule has 2 aromatic carbocycles. The predicted molar refractivity (Wildman–Crippen MR) is 92.2 cm³/mol. The van der Waals surface area contributed by atoms with Crippen LogP contribution in [-0.4, -0.2) is 18.4 Å². The quantitative estimate of drug-likeness (QED) is 0.924. The summed E-state index contributed by atoms with van der Waals surface area (Å²) in [6, 6.07) is 12.6. The number of hydrogen-bond acceptors (Lipinski definition) is 2.